The second kappa shape index (κ2) is 6.80. The molecule has 0 unspecified atom stereocenters. The molecule has 0 aliphatic carbocycles. The van der Waals surface area contributed by atoms with Crippen LogP contribution in [0.5, 0.6) is 0 Å². The zero-order valence-electron chi connectivity index (χ0n) is 14.2. The summed E-state index contributed by atoms with van der Waals surface area (Å²) in [7, 11) is 0. The number of amides is 1. The van der Waals surface area contributed by atoms with Crippen molar-refractivity contribution >= 4 is 38.3 Å². The second-order valence-electron chi connectivity index (χ2n) is 6.16. The van der Waals surface area contributed by atoms with Crippen LogP contribution in [0.3, 0.4) is 0 Å². The van der Waals surface area contributed by atoms with Crippen molar-refractivity contribution in [2.24, 2.45) is 0 Å². The van der Waals surface area contributed by atoms with Crippen LogP contribution in [0.2, 0.25) is 0 Å². The van der Waals surface area contributed by atoms with Crippen LogP contribution < -0.4 is 10.9 Å². The average Bonchev–Trinajstić information content (AvgIpc) is 2.58. The molecule has 3 rings (SSSR count). The Morgan fingerprint density at radius 3 is 2.48 bits per heavy atom. The fraction of sp³-hybridized carbons (Fsp3) is 0.211. The third kappa shape index (κ3) is 3.35. The number of aromatic nitrogens is 2. The Balaban J connectivity index is 2.10. The molecule has 0 spiro atoms. The first kappa shape index (κ1) is 17.4. The quantitative estimate of drug-likeness (QED) is 0.713. The van der Waals surface area contributed by atoms with Crippen LogP contribution in [0.15, 0.2) is 51.7 Å². The molecular formula is C19H18BrN3O2. The highest BCUT2D eigenvalue weighted by Crippen LogP contribution is 2.22. The van der Waals surface area contributed by atoms with E-state index in [0.29, 0.717) is 16.5 Å². The minimum absolute atomic E-state index is 0.142. The normalized spacial score (nSPS) is 11.1. The molecule has 1 aromatic heterocycles. The van der Waals surface area contributed by atoms with Crippen LogP contribution >= 0.6 is 15.9 Å². The van der Waals surface area contributed by atoms with Gasteiger partial charge in [-0.15, -0.1) is 0 Å². The summed E-state index contributed by atoms with van der Waals surface area (Å²) in [6.07, 6.45) is 0. The van der Waals surface area contributed by atoms with Crippen molar-refractivity contribution < 1.29 is 4.79 Å². The van der Waals surface area contributed by atoms with Gasteiger partial charge in [-0.05, 0) is 44.5 Å². The van der Waals surface area contributed by atoms with E-state index in [0.717, 1.165) is 10.0 Å². The molecule has 1 N–H and O–H groups in total. The minimum atomic E-state index is -0.346. The van der Waals surface area contributed by atoms with E-state index < -0.39 is 0 Å². The monoisotopic (exact) mass is 399 g/mol. The summed E-state index contributed by atoms with van der Waals surface area (Å²) >= 11 is 3.46. The van der Waals surface area contributed by atoms with Gasteiger partial charge in [0.05, 0.1) is 11.4 Å². The first-order chi connectivity index (χ1) is 11.9. The molecule has 0 aliphatic heterocycles. The number of nitrogens with zero attached hydrogens (tertiary/aromatic N) is 2. The van der Waals surface area contributed by atoms with Crippen LogP contribution in [-0.4, -0.2) is 15.7 Å². The summed E-state index contributed by atoms with van der Waals surface area (Å²) in [4.78, 5) is 25.4. The number of hydrogen-bond acceptors (Lipinski definition) is 3. The largest absolute Gasteiger partial charge is 0.321 e. The van der Waals surface area contributed by atoms with E-state index in [1.807, 2.05) is 39.0 Å². The first-order valence-electron chi connectivity index (χ1n) is 7.97. The number of fused-ring (bicyclic) bond motifs is 1. The molecular weight excluding hydrogens is 382 g/mol. The van der Waals surface area contributed by atoms with Gasteiger partial charge in [-0.1, -0.05) is 40.2 Å². The lowest BCUT2D eigenvalue weighted by atomic mass is 10.1. The summed E-state index contributed by atoms with van der Waals surface area (Å²) in [5.74, 6) is -0.346. The van der Waals surface area contributed by atoms with E-state index >= 15 is 0 Å². The molecule has 0 bridgehead atoms. The van der Waals surface area contributed by atoms with Crippen LogP contribution in [-0.2, 0) is 0 Å². The summed E-state index contributed by atoms with van der Waals surface area (Å²) in [5, 5.41) is 8.21. The Kier molecular flexibility index (Phi) is 4.72. The Morgan fingerprint density at radius 2 is 1.84 bits per heavy atom. The average molecular weight is 400 g/mol. The smallest absolute Gasteiger partial charge is 0.276 e. The Labute approximate surface area is 153 Å². The lowest BCUT2D eigenvalue weighted by Gasteiger charge is -2.13. The molecule has 128 valence electrons. The lowest BCUT2D eigenvalue weighted by molar-refractivity contribution is 0.102. The Morgan fingerprint density at radius 1 is 1.16 bits per heavy atom. The number of anilines is 1. The summed E-state index contributed by atoms with van der Waals surface area (Å²) in [5.41, 5.74) is 1.78. The topological polar surface area (TPSA) is 64.0 Å². The highest BCUT2D eigenvalue weighted by atomic mass is 79.9. The van der Waals surface area contributed by atoms with Crippen molar-refractivity contribution in [1.82, 2.24) is 9.78 Å². The highest BCUT2D eigenvalue weighted by molar-refractivity contribution is 9.10. The van der Waals surface area contributed by atoms with Crippen LogP contribution in [0, 0.1) is 6.92 Å². The second-order valence-corrected chi connectivity index (χ2v) is 7.01. The van der Waals surface area contributed by atoms with Crippen molar-refractivity contribution in [3.05, 3.63) is 68.5 Å². The predicted molar refractivity (Wildman–Crippen MR) is 103 cm³/mol. The van der Waals surface area contributed by atoms with Gasteiger partial charge in [-0.25, -0.2) is 4.68 Å². The summed E-state index contributed by atoms with van der Waals surface area (Å²) in [6, 6.07) is 12.5. The molecule has 0 saturated carbocycles. The summed E-state index contributed by atoms with van der Waals surface area (Å²) in [6.45, 7) is 5.70. The maximum absolute atomic E-state index is 12.8. The van der Waals surface area contributed by atoms with Crippen molar-refractivity contribution in [1.29, 1.82) is 0 Å². The van der Waals surface area contributed by atoms with Gasteiger partial charge >= 0.3 is 0 Å². The fourth-order valence-electron chi connectivity index (χ4n) is 2.59. The number of hydrogen-bond donors (Lipinski definition) is 1. The van der Waals surface area contributed by atoms with Crippen LogP contribution in [0.25, 0.3) is 10.8 Å². The fourth-order valence-corrected chi connectivity index (χ4v) is 2.96. The molecule has 1 amide bonds. The number of carbonyl (C=O) groups is 1. The number of carbonyl (C=O) groups excluding carboxylic acids is 1. The molecule has 0 aliphatic rings. The molecule has 3 aromatic rings. The van der Waals surface area contributed by atoms with Gasteiger partial charge in [0, 0.05) is 15.5 Å². The number of halogens is 1. The first-order valence-corrected chi connectivity index (χ1v) is 8.77. The van der Waals surface area contributed by atoms with Gasteiger partial charge in [0.15, 0.2) is 5.69 Å². The number of nitrogens with one attached hydrogen (secondary N) is 1. The molecule has 0 fully saturated rings. The van der Waals surface area contributed by atoms with Crippen molar-refractivity contribution in [3.63, 3.8) is 0 Å². The third-order valence-corrected chi connectivity index (χ3v) is 4.82. The van der Waals surface area contributed by atoms with E-state index in [1.165, 1.54) is 4.68 Å². The zero-order valence-corrected chi connectivity index (χ0v) is 15.8. The van der Waals surface area contributed by atoms with E-state index in [4.69, 9.17) is 0 Å². The SMILES string of the molecule is Cc1ccc(NC(=O)c2nn(C(C)C)c(=O)c3ccccc23)cc1Br. The third-order valence-electron chi connectivity index (χ3n) is 3.96. The predicted octanol–water partition coefficient (Wildman–Crippen LogP) is 4.30. The van der Waals surface area contributed by atoms with Gasteiger partial charge in [0.25, 0.3) is 11.5 Å². The van der Waals surface area contributed by atoms with Gasteiger partial charge in [0.2, 0.25) is 0 Å². The summed E-state index contributed by atoms with van der Waals surface area (Å²) < 4.78 is 2.26. The number of rotatable bonds is 3. The van der Waals surface area contributed by atoms with Gasteiger partial charge < -0.3 is 5.32 Å². The van der Waals surface area contributed by atoms with Crippen molar-refractivity contribution in [2.45, 2.75) is 26.8 Å². The Bertz CT molecular complexity index is 1020. The van der Waals surface area contributed by atoms with Crippen molar-refractivity contribution in [3.8, 4) is 0 Å². The molecule has 5 nitrogen and oxygen atoms in total. The van der Waals surface area contributed by atoms with Crippen molar-refractivity contribution in [2.75, 3.05) is 5.32 Å². The van der Waals surface area contributed by atoms with E-state index in [2.05, 4.69) is 26.3 Å². The van der Waals surface area contributed by atoms with E-state index in [-0.39, 0.29) is 23.2 Å². The molecule has 2 aromatic carbocycles. The zero-order chi connectivity index (χ0) is 18.1. The number of benzene rings is 2. The Hall–Kier alpha value is -2.47. The van der Waals surface area contributed by atoms with Gasteiger partial charge in [0.1, 0.15) is 0 Å². The highest BCUT2D eigenvalue weighted by Gasteiger charge is 2.18. The molecule has 0 saturated heterocycles. The van der Waals surface area contributed by atoms with Crippen LogP contribution in [0.4, 0.5) is 5.69 Å². The van der Waals surface area contributed by atoms with Gasteiger partial charge in [-0.2, -0.15) is 5.10 Å². The molecule has 0 atom stereocenters. The maximum Gasteiger partial charge on any atom is 0.276 e. The maximum atomic E-state index is 12.8. The molecule has 1 heterocycles. The van der Waals surface area contributed by atoms with Crippen LogP contribution in [0.1, 0.15) is 35.9 Å². The minimum Gasteiger partial charge on any atom is -0.321 e. The molecule has 6 heteroatoms. The number of aryl methyl sites for hydroxylation is 1. The lowest BCUT2D eigenvalue weighted by Crippen LogP contribution is -2.28. The molecule has 25 heavy (non-hydrogen) atoms. The molecule has 0 radical (unpaired) electrons. The van der Waals surface area contributed by atoms with E-state index in [9.17, 15) is 9.59 Å². The van der Waals surface area contributed by atoms with Gasteiger partial charge in [-0.3, -0.25) is 9.59 Å². The standard InChI is InChI=1S/C19H18BrN3O2/c1-11(2)23-19(25)15-7-5-4-6-14(15)17(22-23)18(24)21-13-9-8-12(3)16(20)10-13/h4-11H,1-3H3,(H,21,24). The van der Waals surface area contributed by atoms with E-state index in [1.54, 1.807) is 24.3 Å².